The zero-order valence-corrected chi connectivity index (χ0v) is 13.7. The molecule has 1 aromatic rings. The van der Waals surface area contributed by atoms with Gasteiger partial charge < -0.3 is 14.8 Å². The molecule has 0 aliphatic heterocycles. The quantitative estimate of drug-likeness (QED) is 0.598. The van der Waals surface area contributed by atoms with Crippen LogP contribution in [0.5, 0.6) is 0 Å². The van der Waals surface area contributed by atoms with Crippen molar-refractivity contribution >= 4 is 11.3 Å². The van der Waals surface area contributed by atoms with Crippen molar-refractivity contribution in [1.29, 1.82) is 0 Å². The van der Waals surface area contributed by atoms with E-state index in [0.29, 0.717) is 6.04 Å². The van der Waals surface area contributed by atoms with E-state index in [0.717, 1.165) is 45.8 Å². The van der Waals surface area contributed by atoms with Gasteiger partial charge in [0.05, 0.1) is 13.2 Å². The number of hydrogen-bond donors (Lipinski definition) is 1. The largest absolute Gasteiger partial charge is 0.383 e. The highest BCUT2D eigenvalue weighted by molar-refractivity contribution is 7.09. The Labute approximate surface area is 127 Å². The van der Waals surface area contributed by atoms with Gasteiger partial charge in [-0.3, -0.25) is 4.90 Å². The lowest BCUT2D eigenvalue weighted by atomic mass is 10.3. The minimum absolute atomic E-state index is 0.425. The third-order valence-corrected chi connectivity index (χ3v) is 4.25. The molecule has 0 bridgehead atoms. The van der Waals surface area contributed by atoms with Crippen molar-refractivity contribution in [2.75, 3.05) is 53.6 Å². The Hall–Kier alpha value is -0.460. The molecule has 0 aromatic carbocycles. The van der Waals surface area contributed by atoms with Crippen molar-refractivity contribution in [2.45, 2.75) is 19.4 Å². The van der Waals surface area contributed by atoms with E-state index in [1.165, 1.54) is 4.88 Å². The van der Waals surface area contributed by atoms with Crippen molar-refractivity contribution in [3.8, 4) is 0 Å². The summed E-state index contributed by atoms with van der Waals surface area (Å²) in [6, 6.07) is 4.73. The molecule has 5 heteroatoms. The first-order valence-corrected chi connectivity index (χ1v) is 8.11. The summed E-state index contributed by atoms with van der Waals surface area (Å²) in [5.41, 5.74) is 0. The van der Waals surface area contributed by atoms with Gasteiger partial charge in [0, 0.05) is 51.3 Å². The van der Waals surface area contributed by atoms with Crippen molar-refractivity contribution in [3.05, 3.63) is 22.4 Å². The van der Waals surface area contributed by atoms with Gasteiger partial charge in [0.1, 0.15) is 0 Å². The molecule has 0 spiro atoms. The molecule has 0 radical (unpaired) electrons. The molecule has 20 heavy (non-hydrogen) atoms. The molecule has 0 fully saturated rings. The molecule has 0 saturated carbocycles. The van der Waals surface area contributed by atoms with E-state index >= 15 is 0 Å². The third kappa shape index (κ3) is 7.36. The van der Waals surface area contributed by atoms with Gasteiger partial charge in [0.25, 0.3) is 0 Å². The third-order valence-electron chi connectivity index (χ3n) is 3.32. The predicted molar refractivity (Wildman–Crippen MR) is 85.7 cm³/mol. The average Bonchev–Trinajstić information content (AvgIpc) is 2.95. The lowest BCUT2D eigenvalue weighted by molar-refractivity contribution is 0.0757. The molecular formula is C15H28N2O2S. The summed E-state index contributed by atoms with van der Waals surface area (Å²) < 4.78 is 10.4. The smallest absolute Gasteiger partial charge is 0.0615 e. The molecule has 0 aliphatic carbocycles. The van der Waals surface area contributed by atoms with Crippen LogP contribution in [0.3, 0.4) is 0 Å². The number of ether oxygens (including phenoxy) is 2. The summed E-state index contributed by atoms with van der Waals surface area (Å²) in [5.74, 6) is 0. The van der Waals surface area contributed by atoms with E-state index in [1.54, 1.807) is 14.2 Å². The standard InChI is InChI=1S/C15H28N2O2S/c1-14(13-19-3)17(10-11-18-2)9-8-16-7-6-15-5-4-12-20-15/h4-5,12,14,16H,6-11,13H2,1-3H3. The molecule has 1 rings (SSSR count). The second-order valence-corrected chi connectivity index (χ2v) is 5.94. The number of nitrogens with one attached hydrogen (secondary N) is 1. The Morgan fingerprint density at radius 1 is 1.25 bits per heavy atom. The van der Waals surface area contributed by atoms with E-state index in [1.807, 2.05) is 11.3 Å². The number of nitrogens with zero attached hydrogens (tertiary/aromatic N) is 1. The number of rotatable bonds is 12. The second kappa shape index (κ2) is 11.2. The van der Waals surface area contributed by atoms with Crippen LogP contribution in [0.1, 0.15) is 11.8 Å². The van der Waals surface area contributed by atoms with Crippen LogP contribution in [0.2, 0.25) is 0 Å². The van der Waals surface area contributed by atoms with E-state index < -0.39 is 0 Å². The molecule has 1 heterocycles. The summed E-state index contributed by atoms with van der Waals surface area (Å²) >= 11 is 1.83. The Morgan fingerprint density at radius 3 is 2.75 bits per heavy atom. The normalized spacial score (nSPS) is 13.0. The van der Waals surface area contributed by atoms with Gasteiger partial charge in [0.15, 0.2) is 0 Å². The number of thiophene rings is 1. The summed E-state index contributed by atoms with van der Waals surface area (Å²) in [6.07, 6.45) is 1.11. The van der Waals surface area contributed by atoms with Crippen molar-refractivity contribution in [1.82, 2.24) is 10.2 Å². The van der Waals surface area contributed by atoms with Crippen LogP contribution in [-0.4, -0.2) is 64.6 Å². The molecule has 1 atom stereocenters. The Bertz CT molecular complexity index is 320. The van der Waals surface area contributed by atoms with Crippen LogP contribution in [0.15, 0.2) is 17.5 Å². The van der Waals surface area contributed by atoms with Crippen molar-refractivity contribution in [3.63, 3.8) is 0 Å². The fourth-order valence-corrected chi connectivity index (χ4v) is 2.83. The summed E-state index contributed by atoms with van der Waals surface area (Å²) in [5, 5.41) is 5.64. The molecule has 0 saturated heterocycles. The Kier molecular flexibility index (Phi) is 9.87. The SMILES string of the molecule is COCCN(CCNCCc1cccs1)C(C)COC. The predicted octanol–water partition coefficient (Wildman–Crippen LogP) is 1.86. The number of hydrogen-bond acceptors (Lipinski definition) is 5. The van der Waals surface area contributed by atoms with Crippen LogP contribution < -0.4 is 5.32 Å². The van der Waals surface area contributed by atoms with Crippen LogP contribution in [0, 0.1) is 0 Å². The second-order valence-electron chi connectivity index (χ2n) is 4.91. The van der Waals surface area contributed by atoms with Crippen LogP contribution in [0.4, 0.5) is 0 Å². The molecule has 1 N–H and O–H groups in total. The van der Waals surface area contributed by atoms with E-state index in [4.69, 9.17) is 9.47 Å². The highest BCUT2D eigenvalue weighted by atomic mass is 32.1. The highest BCUT2D eigenvalue weighted by Crippen LogP contribution is 2.08. The van der Waals surface area contributed by atoms with Gasteiger partial charge in [-0.25, -0.2) is 0 Å². The first-order chi connectivity index (χ1) is 9.77. The summed E-state index contributed by atoms with van der Waals surface area (Å²) in [4.78, 5) is 3.85. The topological polar surface area (TPSA) is 33.7 Å². The number of methoxy groups -OCH3 is 2. The van der Waals surface area contributed by atoms with Crippen LogP contribution >= 0.6 is 11.3 Å². The lowest BCUT2D eigenvalue weighted by Crippen LogP contribution is -2.42. The maximum absolute atomic E-state index is 5.24. The molecule has 0 aliphatic rings. The van der Waals surface area contributed by atoms with Crippen molar-refractivity contribution in [2.24, 2.45) is 0 Å². The average molecular weight is 300 g/mol. The Balaban J connectivity index is 2.16. The molecule has 4 nitrogen and oxygen atoms in total. The monoisotopic (exact) mass is 300 g/mol. The fraction of sp³-hybridized carbons (Fsp3) is 0.733. The van der Waals surface area contributed by atoms with Gasteiger partial charge in [-0.2, -0.15) is 0 Å². The molecule has 0 amide bonds. The van der Waals surface area contributed by atoms with Gasteiger partial charge in [-0.05, 0) is 24.8 Å². The van der Waals surface area contributed by atoms with E-state index in [-0.39, 0.29) is 0 Å². The lowest BCUT2D eigenvalue weighted by Gasteiger charge is -2.28. The Morgan fingerprint density at radius 2 is 2.10 bits per heavy atom. The van der Waals surface area contributed by atoms with Crippen molar-refractivity contribution < 1.29 is 9.47 Å². The zero-order chi connectivity index (χ0) is 14.6. The van der Waals surface area contributed by atoms with Gasteiger partial charge >= 0.3 is 0 Å². The maximum atomic E-state index is 5.24. The zero-order valence-electron chi connectivity index (χ0n) is 12.9. The summed E-state index contributed by atoms with van der Waals surface area (Å²) in [7, 11) is 3.50. The molecular weight excluding hydrogens is 272 g/mol. The first kappa shape index (κ1) is 17.6. The van der Waals surface area contributed by atoms with Gasteiger partial charge in [-0.15, -0.1) is 11.3 Å². The first-order valence-electron chi connectivity index (χ1n) is 7.23. The van der Waals surface area contributed by atoms with Gasteiger partial charge in [0.2, 0.25) is 0 Å². The van der Waals surface area contributed by atoms with Crippen LogP contribution in [-0.2, 0) is 15.9 Å². The van der Waals surface area contributed by atoms with Gasteiger partial charge in [-0.1, -0.05) is 6.07 Å². The molecule has 116 valence electrons. The molecule has 1 unspecified atom stereocenters. The molecule has 1 aromatic heterocycles. The summed E-state index contributed by atoms with van der Waals surface area (Å²) in [6.45, 7) is 7.75. The van der Waals surface area contributed by atoms with Crippen LogP contribution in [0.25, 0.3) is 0 Å². The maximum Gasteiger partial charge on any atom is 0.0615 e. The fourth-order valence-electron chi connectivity index (χ4n) is 2.12. The van der Waals surface area contributed by atoms with E-state index in [2.05, 4.69) is 34.7 Å². The minimum atomic E-state index is 0.425. The minimum Gasteiger partial charge on any atom is -0.383 e. The van der Waals surface area contributed by atoms with E-state index in [9.17, 15) is 0 Å². The highest BCUT2D eigenvalue weighted by Gasteiger charge is 2.12.